The molecule has 0 aliphatic heterocycles. The van der Waals surface area contributed by atoms with E-state index < -0.39 is 0 Å². The molecule has 1 N–H and O–H groups in total. The number of hydrogen-bond donors (Lipinski definition) is 1. The molecule has 6 nitrogen and oxygen atoms in total. The van der Waals surface area contributed by atoms with Crippen LogP contribution in [0.15, 0.2) is 35.8 Å². The number of hydrogen-bond acceptors (Lipinski definition) is 6. The smallest absolute Gasteiger partial charge is 0.226 e. The van der Waals surface area contributed by atoms with Crippen molar-refractivity contribution in [3.63, 3.8) is 0 Å². The lowest BCUT2D eigenvalue weighted by Crippen LogP contribution is -2.25. The van der Waals surface area contributed by atoms with E-state index in [2.05, 4.69) is 15.3 Å². The summed E-state index contributed by atoms with van der Waals surface area (Å²) in [5.41, 5.74) is 4.39. The predicted molar refractivity (Wildman–Crippen MR) is 115 cm³/mol. The van der Waals surface area contributed by atoms with Crippen molar-refractivity contribution in [3.05, 3.63) is 58.4 Å². The van der Waals surface area contributed by atoms with Gasteiger partial charge in [0.25, 0.3) is 0 Å². The second-order valence-electron chi connectivity index (χ2n) is 6.57. The molecule has 3 aromatic rings. The Morgan fingerprint density at radius 2 is 2.03 bits per heavy atom. The number of amides is 1. The zero-order valence-corrected chi connectivity index (χ0v) is 17.9. The first kappa shape index (κ1) is 20.8. The fourth-order valence-electron chi connectivity index (χ4n) is 3.10. The molecule has 0 bridgehead atoms. The van der Waals surface area contributed by atoms with Crippen LogP contribution in [-0.2, 0) is 17.8 Å². The largest absolute Gasteiger partial charge is 0.496 e. The third kappa shape index (κ3) is 4.92. The molecule has 0 unspecified atom stereocenters. The minimum absolute atomic E-state index is 0.0966. The molecular formula is C22H25N3O3S. The summed E-state index contributed by atoms with van der Waals surface area (Å²) in [7, 11) is 1.64. The molecule has 2 aromatic heterocycles. The van der Waals surface area contributed by atoms with Gasteiger partial charge in [0.2, 0.25) is 5.91 Å². The summed E-state index contributed by atoms with van der Waals surface area (Å²) in [5, 5.41) is 5.68. The van der Waals surface area contributed by atoms with Crippen LogP contribution in [0.5, 0.6) is 11.5 Å². The van der Waals surface area contributed by atoms with Gasteiger partial charge >= 0.3 is 0 Å². The van der Waals surface area contributed by atoms with Gasteiger partial charge in [-0.05, 0) is 32.9 Å². The number of nitrogens with one attached hydrogen (secondary N) is 1. The van der Waals surface area contributed by atoms with Gasteiger partial charge in [-0.3, -0.25) is 9.78 Å². The Kier molecular flexibility index (Phi) is 6.82. The normalized spacial score (nSPS) is 10.6. The van der Waals surface area contributed by atoms with Crippen LogP contribution in [-0.4, -0.2) is 29.6 Å². The van der Waals surface area contributed by atoms with Gasteiger partial charge in [0.15, 0.2) is 0 Å². The quantitative estimate of drug-likeness (QED) is 0.604. The van der Waals surface area contributed by atoms with E-state index in [4.69, 9.17) is 9.47 Å². The van der Waals surface area contributed by atoms with E-state index in [1.807, 2.05) is 50.4 Å². The lowest BCUT2D eigenvalue weighted by atomic mass is 10.1. The molecule has 1 aromatic carbocycles. The van der Waals surface area contributed by atoms with Crippen molar-refractivity contribution in [3.8, 4) is 22.1 Å². The Balaban J connectivity index is 1.64. The molecule has 7 heteroatoms. The second kappa shape index (κ2) is 9.52. The Hall–Kier alpha value is -2.93. The van der Waals surface area contributed by atoms with Crippen molar-refractivity contribution >= 4 is 17.2 Å². The number of thiazole rings is 1. The fraction of sp³-hybridized carbons (Fsp3) is 0.318. The average Bonchev–Trinajstić information content (AvgIpc) is 3.16. The number of nitrogens with zero attached hydrogens (tertiary/aromatic N) is 2. The molecule has 0 spiro atoms. The van der Waals surface area contributed by atoms with Gasteiger partial charge in [-0.25, -0.2) is 4.98 Å². The third-order valence-corrected chi connectivity index (χ3v) is 5.44. The zero-order valence-electron chi connectivity index (χ0n) is 17.1. The van der Waals surface area contributed by atoms with E-state index in [-0.39, 0.29) is 12.3 Å². The summed E-state index contributed by atoms with van der Waals surface area (Å²) >= 11 is 1.51. The number of carbonyl (C=O) groups is 1. The number of rotatable bonds is 8. The standard InChI is InChI=1S/C22H25N3O3S/c1-5-28-19-9-7-6-8-17(19)22-25-16(13-29-22)10-20(26)24-12-18-15(3)21(27-4)14(2)11-23-18/h6-9,11,13H,5,10,12H2,1-4H3,(H,24,26). The van der Waals surface area contributed by atoms with Gasteiger partial charge < -0.3 is 14.8 Å². The molecule has 29 heavy (non-hydrogen) atoms. The highest BCUT2D eigenvalue weighted by molar-refractivity contribution is 7.13. The van der Waals surface area contributed by atoms with Crippen LogP contribution in [0.4, 0.5) is 0 Å². The Morgan fingerprint density at radius 3 is 2.79 bits per heavy atom. The van der Waals surface area contributed by atoms with Crippen LogP contribution in [0.2, 0.25) is 0 Å². The summed E-state index contributed by atoms with van der Waals surface area (Å²) in [5.74, 6) is 1.51. The van der Waals surface area contributed by atoms with Crippen LogP contribution >= 0.6 is 11.3 Å². The summed E-state index contributed by atoms with van der Waals surface area (Å²) in [6, 6.07) is 7.80. The molecule has 2 heterocycles. The van der Waals surface area contributed by atoms with Crippen molar-refractivity contribution in [2.45, 2.75) is 33.7 Å². The predicted octanol–water partition coefficient (Wildman–Crippen LogP) is 4.09. The van der Waals surface area contributed by atoms with E-state index in [0.717, 1.165) is 44.6 Å². The minimum Gasteiger partial charge on any atom is -0.496 e. The van der Waals surface area contributed by atoms with Crippen molar-refractivity contribution in [1.29, 1.82) is 0 Å². The van der Waals surface area contributed by atoms with Crippen LogP contribution in [0.25, 0.3) is 10.6 Å². The zero-order chi connectivity index (χ0) is 20.8. The molecule has 152 valence electrons. The summed E-state index contributed by atoms with van der Waals surface area (Å²) < 4.78 is 11.1. The summed E-state index contributed by atoms with van der Waals surface area (Å²) in [4.78, 5) is 21.4. The van der Waals surface area contributed by atoms with Crippen molar-refractivity contribution in [2.24, 2.45) is 0 Å². The monoisotopic (exact) mass is 411 g/mol. The molecule has 1 amide bonds. The van der Waals surface area contributed by atoms with Crippen molar-refractivity contribution in [2.75, 3.05) is 13.7 Å². The molecule has 0 fully saturated rings. The number of pyridine rings is 1. The highest BCUT2D eigenvalue weighted by atomic mass is 32.1. The topological polar surface area (TPSA) is 73.3 Å². The number of benzene rings is 1. The first-order chi connectivity index (χ1) is 14.0. The Morgan fingerprint density at radius 1 is 1.24 bits per heavy atom. The van der Waals surface area contributed by atoms with E-state index in [0.29, 0.717) is 13.2 Å². The number of aromatic nitrogens is 2. The molecule has 3 rings (SSSR count). The number of carbonyl (C=O) groups excluding carboxylic acids is 1. The molecule has 0 aliphatic carbocycles. The molecular weight excluding hydrogens is 386 g/mol. The summed E-state index contributed by atoms with van der Waals surface area (Å²) in [6.07, 6.45) is 1.98. The van der Waals surface area contributed by atoms with E-state index in [1.165, 1.54) is 11.3 Å². The molecule has 0 saturated heterocycles. The third-order valence-electron chi connectivity index (χ3n) is 4.51. The van der Waals surface area contributed by atoms with Gasteiger partial charge in [-0.15, -0.1) is 11.3 Å². The van der Waals surface area contributed by atoms with Crippen LogP contribution in [0.1, 0.15) is 29.4 Å². The fourth-order valence-corrected chi connectivity index (χ4v) is 3.94. The first-order valence-electron chi connectivity index (χ1n) is 9.45. The number of para-hydroxylation sites is 1. The maximum Gasteiger partial charge on any atom is 0.226 e. The average molecular weight is 412 g/mol. The van der Waals surface area contributed by atoms with Crippen molar-refractivity contribution < 1.29 is 14.3 Å². The van der Waals surface area contributed by atoms with Gasteiger partial charge in [-0.1, -0.05) is 12.1 Å². The van der Waals surface area contributed by atoms with E-state index in [1.54, 1.807) is 13.3 Å². The number of methoxy groups -OCH3 is 1. The van der Waals surface area contributed by atoms with Crippen LogP contribution in [0.3, 0.4) is 0 Å². The van der Waals surface area contributed by atoms with E-state index >= 15 is 0 Å². The lowest BCUT2D eigenvalue weighted by Gasteiger charge is -2.12. The molecule has 0 radical (unpaired) electrons. The van der Waals surface area contributed by atoms with Crippen LogP contribution < -0.4 is 14.8 Å². The van der Waals surface area contributed by atoms with Gasteiger partial charge in [0.1, 0.15) is 16.5 Å². The molecule has 0 aliphatic rings. The van der Waals surface area contributed by atoms with E-state index in [9.17, 15) is 4.79 Å². The second-order valence-corrected chi connectivity index (χ2v) is 7.43. The highest BCUT2D eigenvalue weighted by Gasteiger charge is 2.14. The minimum atomic E-state index is -0.0966. The number of ether oxygens (including phenoxy) is 2. The SMILES string of the molecule is CCOc1ccccc1-c1nc(CC(=O)NCc2ncc(C)c(OC)c2C)cs1. The van der Waals surface area contributed by atoms with Gasteiger partial charge in [-0.2, -0.15) is 0 Å². The van der Waals surface area contributed by atoms with Crippen molar-refractivity contribution in [1.82, 2.24) is 15.3 Å². The molecule has 0 atom stereocenters. The highest BCUT2D eigenvalue weighted by Crippen LogP contribution is 2.32. The summed E-state index contributed by atoms with van der Waals surface area (Å²) in [6.45, 7) is 6.79. The number of aryl methyl sites for hydroxylation is 1. The van der Waals surface area contributed by atoms with Gasteiger partial charge in [0, 0.05) is 22.7 Å². The lowest BCUT2D eigenvalue weighted by molar-refractivity contribution is -0.120. The first-order valence-corrected chi connectivity index (χ1v) is 10.3. The maximum absolute atomic E-state index is 12.4. The maximum atomic E-state index is 12.4. The molecule has 0 saturated carbocycles. The van der Waals surface area contributed by atoms with Gasteiger partial charge in [0.05, 0.1) is 43.6 Å². The van der Waals surface area contributed by atoms with Crippen LogP contribution in [0, 0.1) is 13.8 Å². The Bertz CT molecular complexity index is 1000. The Labute approximate surface area is 174 Å².